The average molecular weight is 453 g/mol. The monoisotopic (exact) mass is 453 g/mol. The number of hydrogen-bond acceptors (Lipinski definition) is 2. The van der Waals surface area contributed by atoms with Gasteiger partial charge in [-0.25, -0.2) is 0 Å². The molecule has 0 amide bonds. The zero-order valence-corrected chi connectivity index (χ0v) is 16.4. The summed E-state index contributed by atoms with van der Waals surface area (Å²) in [5.41, 5.74) is 0.674. The van der Waals surface area contributed by atoms with Crippen molar-refractivity contribution in [3.8, 4) is 5.75 Å². The van der Waals surface area contributed by atoms with Gasteiger partial charge in [0, 0.05) is 25.2 Å². The third-order valence-electron chi connectivity index (χ3n) is 4.22. The van der Waals surface area contributed by atoms with Crippen molar-refractivity contribution in [1.29, 1.82) is 0 Å². The highest BCUT2D eigenvalue weighted by atomic mass is 127. The van der Waals surface area contributed by atoms with Crippen LogP contribution in [-0.2, 0) is 6.54 Å². The minimum atomic E-state index is -2.82. The molecule has 0 unspecified atom stereocenters. The molecule has 4 nitrogen and oxygen atoms in total. The van der Waals surface area contributed by atoms with Crippen LogP contribution in [0.5, 0.6) is 5.75 Å². The average Bonchev–Trinajstić information content (AvgIpc) is 2.54. The molecule has 0 spiro atoms. The molecule has 0 aromatic heterocycles. The molecule has 0 radical (unpaired) electrons. The molecule has 0 saturated heterocycles. The molecule has 0 bridgehead atoms. The molecule has 0 heterocycles. The van der Waals surface area contributed by atoms with Crippen LogP contribution in [0.4, 0.5) is 8.78 Å². The molecule has 2 rings (SSSR count). The second kappa shape index (κ2) is 10.7. The molecule has 0 aliphatic heterocycles. The van der Waals surface area contributed by atoms with Crippen LogP contribution in [0.3, 0.4) is 0 Å². The lowest BCUT2D eigenvalue weighted by atomic mass is 9.87. The maximum atomic E-state index is 12.4. The van der Waals surface area contributed by atoms with E-state index >= 15 is 0 Å². The lowest BCUT2D eigenvalue weighted by molar-refractivity contribution is -0.0504. The number of alkyl halides is 2. The Balaban J connectivity index is 0.00000288. The third-order valence-corrected chi connectivity index (χ3v) is 4.22. The number of rotatable bonds is 5. The van der Waals surface area contributed by atoms with E-state index in [1.165, 1.54) is 12.8 Å². The van der Waals surface area contributed by atoms with Crippen LogP contribution >= 0.6 is 24.0 Å². The minimum absolute atomic E-state index is 0. The summed E-state index contributed by atoms with van der Waals surface area (Å²) in [6, 6.07) is 7.21. The lowest BCUT2D eigenvalue weighted by Crippen LogP contribution is -2.44. The predicted molar refractivity (Wildman–Crippen MR) is 103 cm³/mol. The van der Waals surface area contributed by atoms with Crippen LogP contribution in [0, 0.1) is 5.92 Å². The number of halogens is 3. The van der Waals surface area contributed by atoms with E-state index in [2.05, 4.69) is 27.3 Å². The van der Waals surface area contributed by atoms with Gasteiger partial charge in [-0.3, -0.25) is 4.99 Å². The molecule has 1 saturated carbocycles. The largest absolute Gasteiger partial charge is 0.434 e. The summed E-state index contributed by atoms with van der Waals surface area (Å²) in [6.45, 7) is -0.160. The van der Waals surface area contributed by atoms with Crippen LogP contribution < -0.4 is 15.4 Å². The molecule has 1 aliphatic rings. The molecule has 1 aromatic carbocycles. The van der Waals surface area contributed by atoms with E-state index in [0.717, 1.165) is 18.8 Å². The summed E-state index contributed by atoms with van der Waals surface area (Å²) >= 11 is 0. The molecule has 24 heavy (non-hydrogen) atoms. The number of para-hydroxylation sites is 1. The predicted octanol–water partition coefficient (Wildman–Crippen LogP) is 4.15. The number of benzene rings is 1. The van der Waals surface area contributed by atoms with Crippen LogP contribution in [0.25, 0.3) is 0 Å². The Kier molecular flexibility index (Phi) is 9.31. The van der Waals surface area contributed by atoms with Crippen molar-refractivity contribution in [2.24, 2.45) is 10.9 Å². The van der Waals surface area contributed by atoms with E-state index in [4.69, 9.17) is 0 Å². The molecule has 136 valence electrons. The normalized spacial score (nSPS) is 21.1. The first-order chi connectivity index (χ1) is 11.1. The van der Waals surface area contributed by atoms with E-state index in [0.29, 0.717) is 24.1 Å². The second-order valence-electron chi connectivity index (χ2n) is 6.01. The fourth-order valence-corrected chi connectivity index (χ4v) is 2.83. The first-order valence-corrected chi connectivity index (χ1v) is 8.08. The Hall–Kier alpha value is -1.12. The SMILES string of the molecule is CN=C(NCc1ccccc1OC(F)F)NC1CCC(C)CC1.I. The minimum Gasteiger partial charge on any atom is -0.434 e. The summed E-state index contributed by atoms with van der Waals surface area (Å²) in [5, 5.41) is 6.58. The van der Waals surface area contributed by atoms with Gasteiger partial charge in [-0.05, 0) is 37.7 Å². The van der Waals surface area contributed by atoms with Crippen molar-refractivity contribution < 1.29 is 13.5 Å². The second-order valence-corrected chi connectivity index (χ2v) is 6.01. The van der Waals surface area contributed by atoms with Crippen molar-refractivity contribution in [2.75, 3.05) is 7.05 Å². The fraction of sp³-hybridized carbons (Fsp3) is 0.588. The summed E-state index contributed by atoms with van der Waals surface area (Å²) < 4.78 is 29.4. The van der Waals surface area contributed by atoms with Gasteiger partial charge in [-0.15, -0.1) is 24.0 Å². The fourth-order valence-electron chi connectivity index (χ4n) is 2.83. The molecule has 1 aromatic rings. The maximum absolute atomic E-state index is 12.4. The van der Waals surface area contributed by atoms with E-state index in [9.17, 15) is 8.78 Å². The Bertz CT molecular complexity index is 520. The van der Waals surface area contributed by atoms with Gasteiger partial charge in [-0.2, -0.15) is 8.78 Å². The smallest absolute Gasteiger partial charge is 0.387 e. The van der Waals surface area contributed by atoms with Gasteiger partial charge in [0.05, 0.1) is 0 Å². The standard InChI is InChI=1S/C17H25F2N3O.HI/c1-12-7-9-14(10-8-12)22-17(20-2)21-11-13-5-3-4-6-15(13)23-16(18)19;/h3-6,12,14,16H,7-11H2,1-2H3,(H2,20,21,22);1H. The molecule has 1 fully saturated rings. The first kappa shape index (κ1) is 20.9. The van der Waals surface area contributed by atoms with Crippen molar-refractivity contribution in [2.45, 2.75) is 51.8 Å². The summed E-state index contributed by atoms with van der Waals surface area (Å²) in [6.07, 6.45) is 4.71. The highest BCUT2D eigenvalue weighted by Gasteiger charge is 2.19. The van der Waals surface area contributed by atoms with Gasteiger partial charge in [0.2, 0.25) is 0 Å². The Morgan fingerprint density at radius 3 is 2.54 bits per heavy atom. The molecular formula is C17H26F2IN3O. The lowest BCUT2D eigenvalue weighted by Gasteiger charge is -2.28. The van der Waals surface area contributed by atoms with Gasteiger partial charge in [0.1, 0.15) is 5.75 Å². The third kappa shape index (κ3) is 6.78. The molecule has 2 N–H and O–H groups in total. The van der Waals surface area contributed by atoms with Crippen LogP contribution in [-0.4, -0.2) is 25.7 Å². The summed E-state index contributed by atoms with van der Waals surface area (Å²) in [4.78, 5) is 4.21. The van der Waals surface area contributed by atoms with Crippen molar-refractivity contribution in [1.82, 2.24) is 10.6 Å². The highest BCUT2D eigenvalue weighted by Crippen LogP contribution is 2.23. The van der Waals surface area contributed by atoms with E-state index in [1.54, 1.807) is 31.3 Å². The van der Waals surface area contributed by atoms with Crippen LogP contribution in [0.15, 0.2) is 29.3 Å². The van der Waals surface area contributed by atoms with E-state index in [1.807, 2.05) is 0 Å². The number of ether oxygens (including phenoxy) is 1. The Labute approximate surface area is 159 Å². The topological polar surface area (TPSA) is 45.7 Å². The van der Waals surface area contributed by atoms with Gasteiger partial charge < -0.3 is 15.4 Å². The van der Waals surface area contributed by atoms with Crippen molar-refractivity contribution >= 4 is 29.9 Å². The number of nitrogens with zero attached hydrogens (tertiary/aromatic N) is 1. The quantitative estimate of drug-likeness (QED) is 0.400. The van der Waals surface area contributed by atoms with Gasteiger partial charge in [-0.1, -0.05) is 25.1 Å². The zero-order chi connectivity index (χ0) is 16.7. The highest BCUT2D eigenvalue weighted by molar-refractivity contribution is 14.0. The number of nitrogens with one attached hydrogen (secondary N) is 2. The van der Waals surface area contributed by atoms with Crippen LogP contribution in [0.1, 0.15) is 38.2 Å². The summed E-state index contributed by atoms with van der Waals surface area (Å²) in [5.74, 6) is 1.68. The van der Waals surface area contributed by atoms with Gasteiger partial charge >= 0.3 is 6.61 Å². The number of hydrogen-bond donors (Lipinski definition) is 2. The zero-order valence-electron chi connectivity index (χ0n) is 14.1. The van der Waals surface area contributed by atoms with Crippen molar-refractivity contribution in [3.05, 3.63) is 29.8 Å². The Morgan fingerprint density at radius 2 is 1.92 bits per heavy atom. The molecule has 0 atom stereocenters. The van der Waals surface area contributed by atoms with E-state index in [-0.39, 0.29) is 29.7 Å². The van der Waals surface area contributed by atoms with Crippen LogP contribution in [0.2, 0.25) is 0 Å². The summed E-state index contributed by atoms with van der Waals surface area (Å²) in [7, 11) is 1.71. The molecule has 1 aliphatic carbocycles. The number of aliphatic imine (C=N–C) groups is 1. The first-order valence-electron chi connectivity index (χ1n) is 8.08. The molecular weight excluding hydrogens is 427 g/mol. The van der Waals surface area contributed by atoms with Gasteiger partial charge in [0.15, 0.2) is 5.96 Å². The number of guanidine groups is 1. The molecule has 7 heteroatoms. The van der Waals surface area contributed by atoms with Crippen molar-refractivity contribution in [3.63, 3.8) is 0 Å². The van der Waals surface area contributed by atoms with Gasteiger partial charge in [0.25, 0.3) is 0 Å². The Morgan fingerprint density at radius 1 is 1.25 bits per heavy atom. The van der Waals surface area contributed by atoms with E-state index < -0.39 is 6.61 Å². The maximum Gasteiger partial charge on any atom is 0.387 e.